The van der Waals surface area contributed by atoms with E-state index in [-0.39, 0.29) is 29.5 Å². The second kappa shape index (κ2) is 8.97. The molecule has 3 N–H and O–H groups in total. The molecule has 3 aromatic rings. The average Bonchev–Trinajstić information content (AvgIpc) is 2.81. The third-order valence-electron chi connectivity index (χ3n) is 5.52. The average molecular weight is 416 g/mol. The van der Waals surface area contributed by atoms with Gasteiger partial charge in [-0.2, -0.15) is 0 Å². The van der Waals surface area contributed by atoms with Gasteiger partial charge in [-0.1, -0.05) is 24.3 Å². The van der Waals surface area contributed by atoms with Gasteiger partial charge in [-0.05, 0) is 48.9 Å². The van der Waals surface area contributed by atoms with E-state index in [0.29, 0.717) is 36.3 Å². The number of rotatable bonds is 4. The number of nitrogens with zero attached hydrogens (tertiary/aromatic N) is 2. The molecule has 0 radical (unpaired) electrons. The molecular formula is C24H24N4O3. The quantitative estimate of drug-likeness (QED) is 0.678. The summed E-state index contributed by atoms with van der Waals surface area (Å²) in [7, 11) is 0. The van der Waals surface area contributed by atoms with Gasteiger partial charge in [-0.15, -0.1) is 0 Å². The normalized spacial score (nSPS) is 18.4. The van der Waals surface area contributed by atoms with Gasteiger partial charge in [0, 0.05) is 48.2 Å². The summed E-state index contributed by atoms with van der Waals surface area (Å²) in [5, 5.41) is 2.97. The van der Waals surface area contributed by atoms with Crippen molar-refractivity contribution in [3.8, 4) is 5.69 Å². The van der Waals surface area contributed by atoms with Crippen LogP contribution in [0, 0.1) is 0 Å². The minimum absolute atomic E-state index is 0.0654. The fraction of sp³-hybridized carbons (Fsp3) is 0.208. The van der Waals surface area contributed by atoms with Gasteiger partial charge in [-0.3, -0.25) is 19.0 Å². The maximum absolute atomic E-state index is 12.8. The van der Waals surface area contributed by atoms with Crippen LogP contribution in [0.2, 0.25) is 0 Å². The van der Waals surface area contributed by atoms with E-state index in [1.807, 2.05) is 18.2 Å². The minimum atomic E-state index is -0.342. The first-order valence-electron chi connectivity index (χ1n) is 10.2. The van der Waals surface area contributed by atoms with Gasteiger partial charge in [0.25, 0.3) is 17.4 Å². The predicted octanol–water partition coefficient (Wildman–Crippen LogP) is 1.81. The molecule has 2 amide bonds. The van der Waals surface area contributed by atoms with Gasteiger partial charge in [0.2, 0.25) is 0 Å². The van der Waals surface area contributed by atoms with Crippen LogP contribution >= 0.6 is 0 Å². The number of aromatic nitrogens is 1. The number of pyridine rings is 1. The molecule has 2 atom stereocenters. The summed E-state index contributed by atoms with van der Waals surface area (Å²) in [5.74, 6) is -0.328. The first-order valence-corrected chi connectivity index (χ1v) is 10.2. The Morgan fingerprint density at radius 1 is 0.903 bits per heavy atom. The molecule has 31 heavy (non-hydrogen) atoms. The SMILES string of the molecule is NC1CCN(C(=O)c2ccccc2)CC1NC(=O)c1ccc(-n2ccccc2=O)cc1. The second-order valence-corrected chi connectivity index (χ2v) is 7.61. The number of benzene rings is 2. The molecule has 1 aliphatic heterocycles. The highest BCUT2D eigenvalue weighted by Crippen LogP contribution is 2.15. The molecule has 0 saturated carbocycles. The Labute approximate surface area is 180 Å². The summed E-state index contributed by atoms with van der Waals surface area (Å²) in [6.07, 6.45) is 2.29. The van der Waals surface area contributed by atoms with E-state index in [2.05, 4.69) is 5.32 Å². The highest BCUT2D eigenvalue weighted by Gasteiger charge is 2.31. The Balaban J connectivity index is 1.44. The Morgan fingerprint density at radius 2 is 1.61 bits per heavy atom. The molecule has 1 saturated heterocycles. The summed E-state index contributed by atoms with van der Waals surface area (Å²) in [4.78, 5) is 39.2. The molecule has 158 valence electrons. The number of nitrogens with two attached hydrogens (primary N) is 1. The first kappa shape index (κ1) is 20.6. The second-order valence-electron chi connectivity index (χ2n) is 7.61. The summed E-state index contributed by atoms with van der Waals surface area (Å²) in [6.45, 7) is 0.917. The molecule has 7 nitrogen and oxygen atoms in total. The van der Waals surface area contributed by atoms with E-state index in [1.165, 1.54) is 10.6 Å². The van der Waals surface area contributed by atoms with Crippen LogP contribution in [0.3, 0.4) is 0 Å². The molecule has 1 aromatic heterocycles. The van der Waals surface area contributed by atoms with Crippen molar-refractivity contribution < 1.29 is 9.59 Å². The summed E-state index contributed by atoms with van der Waals surface area (Å²) < 4.78 is 1.51. The highest BCUT2D eigenvalue weighted by molar-refractivity contribution is 5.95. The van der Waals surface area contributed by atoms with Crippen molar-refractivity contribution in [3.05, 3.63) is 100 Å². The number of nitrogens with one attached hydrogen (secondary N) is 1. The lowest BCUT2D eigenvalue weighted by Gasteiger charge is -2.37. The molecule has 0 bridgehead atoms. The minimum Gasteiger partial charge on any atom is -0.346 e. The zero-order valence-corrected chi connectivity index (χ0v) is 17.0. The Hall–Kier alpha value is -3.71. The molecule has 0 aliphatic carbocycles. The van der Waals surface area contributed by atoms with Gasteiger partial charge in [0.05, 0.1) is 6.04 Å². The summed E-state index contributed by atoms with van der Waals surface area (Å²) in [6, 6.07) is 20.2. The van der Waals surface area contributed by atoms with Crippen molar-refractivity contribution in [2.45, 2.75) is 18.5 Å². The lowest BCUT2D eigenvalue weighted by molar-refractivity contribution is 0.0658. The van der Waals surface area contributed by atoms with Crippen LogP contribution in [0.4, 0.5) is 0 Å². The van der Waals surface area contributed by atoms with Crippen LogP contribution in [0.25, 0.3) is 5.69 Å². The van der Waals surface area contributed by atoms with E-state index in [4.69, 9.17) is 5.73 Å². The number of hydrogen-bond acceptors (Lipinski definition) is 4. The maximum Gasteiger partial charge on any atom is 0.255 e. The lowest BCUT2D eigenvalue weighted by Crippen LogP contribution is -2.59. The molecule has 0 spiro atoms. The van der Waals surface area contributed by atoms with Gasteiger partial charge < -0.3 is 16.0 Å². The predicted molar refractivity (Wildman–Crippen MR) is 118 cm³/mol. The van der Waals surface area contributed by atoms with Crippen LogP contribution in [0.1, 0.15) is 27.1 Å². The van der Waals surface area contributed by atoms with Crippen LogP contribution in [-0.4, -0.2) is 46.5 Å². The summed E-state index contributed by atoms with van der Waals surface area (Å²) in [5.41, 5.74) is 7.85. The number of hydrogen-bond donors (Lipinski definition) is 2. The lowest BCUT2D eigenvalue weighted by atomic mass is 9.98. The fourth-order valence-corrected chi connectivity index (χ4v) is 3.74. The zero-order valence-electron chi connectivity index (χ0n) is 17.0. The smallest absolute Gasteiger partial charge is 0.255 e. The molecular weight excluding hydrogens is 392 g/mol. The number of carbonyl (C=O) groups is 2. The molecule has 1 fully saturated rings. The van der Waals surface area contributed by atoms with Gasteiger partial charge in [-0.25, -0.2) is 0 Å². The van der Waals surface area contributed by atoms with Crippen molar-refractivity contribution in [3.63, 3.8) is 0 Å². The van der Waals surface area contributed by atoms with Crippen LogP contribution in [-0.2, 0) is 0 Å². The van der Waals surface area contributed by atoms with Crippen LogP contribution in [0.5, 0.6) is 0 Å². The van der Waals surface area contributed by atoms with Crippen molar-refractivity contribution in [1.29, 1.82) is 0 Å². The van der Waals surface area contributed by atoms with Crippen LogP contribution in [0.15, 0.2) is 83.8 Å². The maximum atomic E-state index is 12.8. The van der Waals surface area contributed by atoms with Crippen molar-refractivity contribution in [1.82, 2.24) is 14.8 Å². The Morgan fingerprint density at radius 3 is 2.32 bits per heavy atom. The molecule has 2 unspecified atom stereocenters. The highest BCUT2D eigenvalue weighted by atomic mass is 16.2. The van der Waals surface area contributed by atoms with E-state index in [0.717, 1.165) is 0 Å². The number of carbonyl (C=O) groups excluding carboxylic acids is 2. The van der Waals surface area contributed by atoms with E-state index in [9.17, 15) is 14.4 Å². The van der Waals surface area contributed by atoms with Crippen molar-refractivity contribution >= 4 is 11.8 Å². The van der Waals surface area contributed by atoms with Gasteiger partial charge in [0.1, 0.15) is 0 Å². The monoisotopic (exact) mass is 416 g/mol. The van der Waals surface area contributed by atoms with Crippen molar-refractivity contribution in [2.24, 2.45) is 5.73 Å². The van der Waals surface area contributed by atoms with Crippen molar-refractivity contribution in [2.75, 3.05) is 13.1 Å². The topological polar surface area (TPSA) is 97.4 Å². The van der Waals surface area contributed by atoms with Crippen LogP contribution < -0.4 is 16.6 Å². The zero-order chi connectivity index (χ0) is 21.8. The fourth-order valence-electron chi connectivity index (χ4n) is 3.74. The molecule has 7 heteroatoms. The Bertz CT molecular complexity index is 1130. The number of amides is 2. The summed E-state index contributed by atoms with van der Waals surface area (Å²) >= 11 is 0. The molecule has 1 aliphatic rings. The standard InChI is InChI=1S/C24H24N4O3/c25-20-13-15-27(24(31)18-6-2-1-3-7-18)16-21(20)26-23(30)17-9-11-19(12-10-17)28-14-5-4-8-22(28)29/h1-12,14,20-21H,13,15-16,25H2,(H,26,30). The third kappa shape index (κ3) is 4.57. The van der Waals surface area contributed by atoms with E-state index < -0.39 is 0 Å². The molecule has 4 rings (SSSR count). The number of piperidine rings is 1. The Kier molecular flexibility index (Phi) is 5.95. The first-order chi connectivity index (χ1) is 15.0. The van der Waals surface area contributed by atoms with Gasteiger partial charge in [0.15, 0.2) is 0 Å². The molecule has 2 aromatic carbocycles. The number of likely N-dealkylation sites (tertiary alicyclic amines) is 1. The largest absolute Gasteiger partial charge is 0.346 e. The molecule has 2 heterocycles. The van der Waals surface area contributed by atoms with E-state index >= 15 is 0 Å². The third-order valence-corrected chi connectivity index (χ3v) is 5.52. The van der Waals surface area contributed by atoms with Gasteiger partial charge >= 0.3 is 0 Å². The van der Waals surface area contributed by atoms with E-state index in [1.54, 1.807) is 59.6 Å².